The van der Waals surface area contributed by atoms with E-state index >= 15 is 0 Å². The van der Waals surface area contributed by atoms with Crippen molar-refractivity contribution in [1.82, 2.24) is 0 Å². The predicted molar refractivity (Wildman–Crippen MR) is 125 cm³/mol. The van der Waals surface area contributed by atoms with Gasteiger partial charge in [-0.25, -0.2) is 0 Å². The van der Waals surface area contributed by atoms with E-state index in [9.17, 15) is 19.8 Å². The predicted octanol–water partition coefficient (Wildman–Crippen LogP) is 3.78. The van der Waals surface area contributed by atoms with E-state index in [1.807, 2.05) is 20.8 Å². The number of carbonyl (C=O) groups excluding carboxylic acids is 2. The molecule has 8 nitrogen and oxygen atoms in total. The number of ketones is 1. The van der Waals surface area contributed by atoms with Crippen molar-refractivity contribution in [2.75, 3.05) is 5.32 Å². The number of phenols is 1. The molecule has 1 saturated heterocycles. The van der Waals surface area contributed by atoms with E-state index in [-0.39, 0.29) is 29.2 Å². The number of carbonyl (C=O) groups is 2. The highest BCUT2D eigenvalue weighted by atomic mass is 16.7. The van der Waals surface area contributed by atoms with Gasteiger partial charge in [0.05, 0.1) is 29.9 Å². The first-order chi connectivity index (χ1) is 16.1. The van der Waals surface area contributed by atoms with Gasteiger partial charge >= 0.3 is 0 Å². The third-order valence-electron chi connectivity index (χ3n) is 6.99. The Morgan fingerprint density at radius 1 is 1.18 bits per heavy atom. The maximum Gasteiger partial charge on any atom is 0.235 e. The standard InChI is InChI=1S/C26H33NO7/c1-6-16-9-12(2)23-14(4)24(33-21-8-7-20(29)15(5)32-21)18-10-17(28)11-19(25(18)34-23)27-26(31)13(3)22(16)30/h6,9-11,13-15,20-21,23-24,28-29H,7-8H2,1-5H3,(H,27,31)/b12-9-,16-6-/t13-,14-,15+,20-,21+,23-,24+/m1/s1. The van der Waals surface area contributed by atoms with E-state index in [1.165, 1.54) is 6.07 Å². The second-order valence-electron chi connectivity index (χ2n) is 9.49. The minimum atomic E-state index is -0.917. The van der Waals surface area contributed by atoms with Gasteiger partial charge in [0.1, 0.15) is 17.6 Å². The van der Waals surface area contributed by atoms with Crippen LogP contribution in [0.25, 0.3) is 0 Å². The summed E-state index contributed by atoms with van der Waals surface area (Å²) in [5.74, 6) is -1.55. The summed E-state index contributed by atoms with van der Waals surface area (Å²) in [7, 11) is 0. The summed E-state index contributed by atoms with van der Waals surface area (Å²) in [5, 5.41) is 23.3. The van der Waals surface area contributed by atoms with Gasteiger partial charge in [-0.2, -0.15) is 0 Å². The monoisotopic (exact) mass is 471 g/mol. The maximum absolute atomic E-state index is 13.0. The molecule has 3 aliphatic rings. The van der Waals surface area contributed by atoms with E-state index in [2.05, 4.69) is 5.32 Å². The molecule has 0 spiro atoms. The third kappa shape index (κ3) is 4.50. The molecule has 1 fully saturated rings. The molecule has 0 aromatic heterocycles. The van der Waals surface area contributed by atoms with Crippen LogP contribution in [0.5, 0.6) is 11.5 Å². The van der Waals surface area contributed by atoms with Crippen LogP contribution in [0.4, 0.5) is 5.69 Å². The number of benzene rings is 1. The number of Topliss-reactive ketones (excluding diaryl/α,β-unsaturated/α-hetero) is 1. The molecule has 0 unspecified atom stereocenters. The first kappa shape index (κ1) is 24.4. The number of rotatable bonds is 2. The normalized spacial score (nSPS) is 36.7. The van der Waals surface area contributed by atoms with Crippen molar-refractivity contribution >= 4 is 17.4 Å². The molecule has 8 heteroatoms. The zero-order chi connectivity index (χ0) is 24.7. The van der Waals surface area contributed by atoms with Crippen LogP contribution in [0.15, 0.2) is 35.4 Å². The molecule has 4 rings (SSSR count). The van der Waals surface area contributed by atoms with E-state index in [4.69, 9.17) is 14.2 Å². The first-order valence-corrected chi connectivity index (χ1v) is 11.8. The van der Waals surface area contributed by atoms with Crippen LogP contribution in [0.1, 0.15) is 59.1 Å². The molecule has 1 amide bonds. The number of ether oxygens (including phenoxy) is 3. The van der Waals surface area contributed by atoms with Gasteiger partial charge in [-0.1, -0.05) is 13.0 Å². The van der Waals surface area contributed by atoms with E-state index < -0.39 is 36.4 Å². The van der Waals surface area contributed by atoms with Crippen LogP contribution in [0, 0.1) is 11.8 Å². The number of amides is 1. The number of nitrogens with one attached hydrogen (secondary N) is 1. The Labute approximate surface area is 199 Å². The fraction of sp³-hybridized carbons (Fsp3) is 0.538. The second kappa shape index (κ2) is 9.52. The molecule has 3 heterocycles. The Morgan fingerprint density at radius 3 is 2.59 bits per heavy atom. The van der Waals surface area contributed by atoms with E-state index in [1.54, 1.807) is 32.1 Å². The quantitative estimate of drug-likeness (QED) is 0.444. The SMILES string of the molecule is C/C=C1/C=C(/C)[C@H]2Oc3c(cc(O)cc3[C@@H](O[C@H]3CC[C@@H](O)[C@H](C)O3)[C@@H]2C)NC(=O)[C@H](C)C1=O. The number of hydrogen-bond acceptors (Lipinski definition) is 7. The van der Waals surface area contributed by atoms with Crippen LogP contribution in [-0.4, -0.2) is 46.5 Å². The van der Waals surface area contributed by atoms with Crippen molar-refractivity contribution < 1.29 is 34.0 Å². The number of hydrogen-bond donors (Lipinski definition) is 3. The molecule has 0 saturated carbocycles. The third-order valence-corrected chi connectivity index (χ3v) is 6.99. The zero-order valence-corrected chi connectivity index (χ0v) is 20.2. The molecule has 184 valence electrons. The van der Waals surface area contributed by atoms with Gasteiger partial charge in [0.2, 0.25) is 5.91 Å². The molecule has 0 radical (unpaired) electrons. The minimum absolute atomic E-state index is 0.0551. The van der Waals surface area contributed by atoms with E-state index in [0.29, 0.717) is 29.7 Å². The van der Waals surface area contributed by atoms with E-state index in [0.717, 1.165) is 5.57 Å². The summed E-state index contributed by atoms with van der Waals surface area (Å²) in [4.78, 5) is 25.9. The molecule has 34 heavy (non-hydrogen) atoms. The molecule has 2 bridgehead atoms. The number of anilines is 1. The average Bonchev–Trinajstić information content (AvgIpc) is 2.80. The molecule has 7 atom stereocenters. The van der Waals surface area contributed by atoms with Crippen LogP contribution in [0.2, 0.25) is 0 Å². The lowest BCUT2D eigenvalue weighted by atomic mass is 9.84. The molecule has 3 aliphatic heterocycles. The lowest BCUT2D eigenvalue weighted by Gasteiger charge is -2.42. The topological polar surface area (TPSA) is 114 Å². The average molecular weight is 472 g/mol. The lowest BCUT2D eigenvalue weighted by Crippen LogP contribution is -2.42. The Morgan fingerprint density at radius 2 is 1.91 bits per heavy atom. The molecule has 3 N–H and O–H groups in total. The molecular formula is C26H33NO7. The highest BCUT2D eigenvalue weighted by Crippen LogP contribution is 2.49. The summed E-state index contributed by atoms with van der Waals surface area (Å²) >= 11 is 0. The Kier molecular flexibility index (Phi) is 6.85. The Balaban J connectivity index is 1.81. The lowest BCUT2D eigenvalue weighted by molar-refractivity contribution is -0.247. The molecule has 1 aromatic carbocycles. The zero-order valence-electron chi connectivity index (χ0n) is 20.2. The Hall–Kier alpha value is -2.68. The van der Waals surface area contributed by atoms with Crippen LogP contribution < -0.4 is 10.1 Å². The van der Waals surface area contributed by atoms with Gasteiger partial charge in [-0.05, 0) is 51.8 Å². The number of aliphatic hydroxyl groups excluding tert-OH is 1. The second-order valence-corrected chi connectivity index (χ2v) is 9.49. The van der Waals surface area contributed by atoms with Gasteiger partial charge in [0.15, 0.2) is 12.1 Å². The van der Waals surface area contributed by atoms with Crippen molar-refractivity contribution in [3.05, 3.63) is 41.0 Å². The van der Waals surface area contributed by atoms with Crippen molar-refractivity contribution in [2.24, 2.45) is 11.8 Å². The maximum atomic E-state index is 13.0. The minimum Gasteiger partial charge on any atom is -0.508 e. The largest absolute Gasteiger partial charge is 0.508 e. The van der Waals surface area contributed by atoms with Crippen LogP contribution in [0.3, 0.4) is 0 Å². The van der Waals surface area contributed by atoms with Gasteiger partial charge in [-0.3, -0.25) is 9.59 Å². The van der Waals surface area contributed by atoms with Gasteiger partial charge in [0.25, 0.3) is 0 Å². The van der Waals surface area contributed by atoms with Crippen LogP contribution >= 0.6 is 0 Å². The number of allylic oxidation sites excluding steroid dienone is 3. The van der Waals surface area contributed by atoms with Gasteiger partial charge in [0, 0.05) is 29.5 Å². The fourth-order valence-electron chi connectivity index (χ4n) is 4.89. The smallest absolute Gasteiger partial charge is 0.235 e. The number of fused-ring (bicyclic) bond motifs is 1. The fourth-order valence-corrected chi connectivity index (χ4v) is 4.89. The summed E-state index contributed by atoms with van der Waals surface area (Å²) in [5.41, 5.74) is 2.14. The van der Waals surface area contributed by atoms with Crippen molar-refractivity contribution in [3.63, 3.8) is 0 Å². The number of phenolic OH excluding ortho intramolecular Hbond substituents is 1. The van der Waals surface area contributed by atoms with Crippen molar-refractivity contribution in [1.29, 1.82) is 0 Å². The highest BCUT2D eigenvalue weighted by Gasteiger charge is 2.42. The molecule has 0 aliphatic carbocycles. The van der Waals surface area contributed by atoms with Gasteiger partial charge < -0.3 is 29.7 Å². The summed E-state index contributed by atoms with van der Waals surface area (Å²) < 4.78 is 18.7. The summed E-state index contributed by atoms with van der Waals surface area (Å²) in [6.07, 6.45) is 2.16. The van der Waals surface area contributed by atoms with Gasteiger partial charge in [-0.15, -0.1) is 0 Å². The number of aliphatic hydroxyl groups is 1. The number of aromatic hydroxyl groups is 1. The first-order valence-electron chi connectivity index (χ1n) is 11.8. The Bertz CT molecular complexity index is 1050. The molecule has 1 aromatic rings. The van der Waals surface area contributed by atoms with Crippen molar-refractivity contribution in [3.8, 4) is 11.5 Å². The van der Waals surface area contributed by atoms with Crippen molar-refractivity contribution in [2.45, 2.75) is 78.2 Å². The highest BCUT2D eigenvalue weighted by molar-refractivity contribution is 6.14. The molecular weight excluding hydrogens is 438 g/mol. The summed E-state index contributed by atoms with van der Waals surface area (Å²) in [6.45, 7) is 9.02. The summed E-state index contributed by atoms with van der Waals surface area (Å²) in [6, 6.07) is 3.00. The van der Waals surface area contributed by atoms with Crippen LogP contribution in [-0.2, 0) is 19.1 Å².